The van der Waals surface area contributed by atoms with Gasteiger partial charge in [0.15, 0.2) is 12.2 Å². The van der Waals surface area contributed by atoms with Crippen molar-refractivity contribution in [3.05, 3.63) is 39.9 Å². The van der Waals surface area contributed by atoms with E-state index in [0.717, 1.165) is 6.40 Å². The number of halogens is 4. The van der Waals surface area contributed by atoms with Crippen LogP contribution in [0.25, 0.3) is 0 Å². The van der Waals surface area contributed by atoms with Gasteiger partial charge in [0.25, 0.3) is 0 Å². The van der Waals surface area contributed by atoms with Gasteiger partial charge in [0.1, 0.15) is 17.7 Å². The third-order valence-corrected chi connectivity index (χ3v) is 4.11. The van der Waals surface area contributed by atoms with Gasteiger partial charge in [-0.2, -0.15) is 0 Å². The van der Waals surface area contributed by atoms with Crippen molar-refractivity contribution in [1.29, 1.82) is 0 Å². The summed E-state index contributed by atoms with van der Waals surface area (Å²) < 4.78 is 5.23. The number of aliphatic imine (C=N–C) groups is 1. The fraction of sp³-hybridized carbons (Fsp3) is 0.333. The highest BCUT2D eigenvalue weighted by molar-refractivity contribution is 6.35. The van der Waals surface area contributed by atoms with E-state index >= 15 is 0 Å². The zero-order valence-electron chi connectivity index (χ0n) is 11.9. The van der Waals surface area contributed by atoms with Crippen LogP contribution in [0.4, 0.5) is 0 Å². The van der Waals surface area contributed by atoms with E-state index in [4.69, 9.17) is 51.1 Å². The average Bonchev–Trinajstić information content (AvgIpc) is 2.42. The van der Waals surface area contributed by atoms with Crippen molar-refractivity contribution in [3.8, 4) is 5.75 Å². The molecular formula is C15H15Cl4NO2. The summed E-state index contributed by atoms with van der Waals surface area (Å²) in [5.41, 5.74) is 0. The minimum absolute atomic E-state index is 0.108. The molecule has 0 amide bonds. The number of hydrogen-bond donors (Lipinski definition) is 0. The molecule has 120 valence electrons. The molecule has 22 heavy (non-hydrogen) atoms. The van der Waals surface area contributed by atoms with E-state index in [-0.39, 0.29) is 18.2 Å². The molecule has 0 aliphatic rings. The summed E-state index contributed by atoms with van der Waals surface area (Å²) in [6, 6.07) is 4.74. The van der Waals surface area contributed by atoms with E-state index < -0.39 is 5.38 Å². The Labute approximate surface area is 149 Å². The molecule has 0 aromatic heterocycles. The van der Waals surface area contributed by atoms with E-state index in [0.29, 0.717) is 27.2 Å². The second-order valence-electron chi connectivity index (χ2n) is 4.50. The maximum Gasteiger partial charge on any atom is 0.177 e. The SMILES string of the molecule is C=C(Cl)C(CC)C(Cl)C(=O)CN=COc1cc(Cl)cc(Cl)c1. The molecule has 0 aliphatic heterocycles. The Balaban J connectivity index is 2.54. The summed E-state index contributed by atoms with van der Waals surface area (Å²) in [7, 11) is 0. The van der Waals surface area contributed by atoms with Gasteiger partial charge in [-0.05, 0) is 24.6 Å². The highest BCUT2D eigenvalue weighted by atomic mass is 35.5. The number of benzene rings is 1. The smallest absolute Gasteiger partial charge is 0.177 e. The van der Waals surface area contributed by atoms with Crippen LogP contribution in [-0.2, 0) is 4.79 Å². The summed E-state index contributed by atoms with van der Waals surface area (Å²) >= 11 is 23.6. The highest BCUT2D eigenvalue weighted by Crippen LogP contribution is 2.26. The number of carbonyl (C=O) groups excluding carboxylic acids is 1. The third kappa shape index (κ3) is 6.17. The molecule has 0 radical (unpaired) electrons. The Kier molecular flexibility index (Phi) is 8.26. The molecule has 0 heterocycles. The van der Waals surface area contributed by atoms with E-state index in [2.05, 4.69) is 11.6 Å². The van der Waals surface area contributed by atoms with Crippen LogP contribution in [0, 0.1) is 5.92 Å². The molecule has 2 unspecified atom stereocenters. The minimum Gasteiger partial charge on any atom is -0.446 e. The lowest BCUT2D eigenvalue weighted by Crippen LogP contribution is -2.26. The van der Waals surface area contributed by atoms with Gasteiger partial charge in [0.05, 0.1) is 0 Å². The van der Waals surface area contributed by atoms with Gasteiger partial charge in [0, 0.05) is 21.0 Å². The number of allylic oxidation sites excluding steroid dienone is 1. The van der Waals surface area contributed by atoms with Crippen LogP contribution in [0.3, 0.4) is 0 Å². The largest absolute Gasteiger partial charge is 0.446 e. The van der Waals surface area contributed by atoms with Crippen LogP contribution in [0.15, 0.2) is 34.8 Å². The third-order valence-electron chi connectivity index (χ3n) is 2.85. The van der Waals surface area contributed by atoms with Gasteiger partial charge in [-0.15, -0.1) is 11.6 Å². The first-order valence-corrected chi connectivity index (χ1v) is 8.04. The number of nitrogens with zero attached hydrogens (tertiary/aromatic N) is 1. The van der Waals surface area contributed by atoms with E-state index in [1.54, 1.807) is 18.2 Å². The normalized spacial score (nSPS) is 13.9. The maximum atomic E-state index is 11.9. The molecule has 1 aromatic rings. The summed E-state index contributed by atoms with van der Waals surface area (Å²) in [4.78, 5) is 15.8. The lowest BCUT2D eigenvalue weighted by Gasteiger charge is -2.17. The Morgan fingerprint density at radius 1 is 1.36 bits per heavy atom. The molecular weight excluding hydrogens is 368 g/mol. The Morgan fingerprint density at radius 2 is 1.95 bits per heavy atom. The Morgan fingerprint density at radius 3 is 2.45 bits per heavy atom. The molecule has 3 nitrogen and oxygen atoms in total. The van der Waals surface area contributed by atoms with Gasteiger partial charge < -0.3 is 4.74 Å². The van der Waals surface area contributed by atoms with Gasteiger partial charge in [0.2, 0.25) is 0 Å². The number of ketones is 1. The van der Waals surface area contributed by atoms with E-state index in [1.165, 1.54) is 0 Å². The first-order valence-electron chi connectivity index (χ1n) is 6.47. The number of Topliss-reactive ketones (excluding diaryl/α,β-unsaturated/α-hetero) is 1. The molecule has 0 fully saturated rings. The zero-order valence-corrected chi connectivity index (χ0v) is 14.9. The fourth-order valence-corrected chi connectivity index (χ4v) is 2.97. The van der Waals surface area contributed by atoms with Crippen molar-refractivity contribution in [1.82, 2.24) is 0 Å². The van der Waals surface area contributed by atoms with Crippen molar-refractivity contribution in [2.75, 3.05) is 6.54 Å². The standard InChI is InChI=1S/C15H15Cl4NO2/c1-3-13(9(2)16)15(19)14(21)7-20-8-22-12-5-10(17)4-11(18)6-12/h4-6,8,13,15H,2-3,7H2,1H3. The number of hydrogen-bond acceptors (Lipinski definition) is 3. The van der Waals surface area contributed by atoms with Crippen LogP contribution in [0.5, 0.6) is 5.75 Å². The van der Waals surface area contributed by atoms with Crippen molar-refractivity contribution < 1.29 is 9.53 Å². The van der Waals surface area contributed by atoms with Crippen LogP contribution >= 0.6 is 46.4 Å². The molecule has 2 atom stereocenters. The molecule has 1 rings (SSSR count). The lowest BCUT2D eigenvalue weighted by atomic mass is 9.99. The molecule has 0 saturated heterocycles. The predicted octanol–water partition coefficient (Wildman–Crippen LogP) is 5.36. The average molecular weight is 383 g/mol. The van der Waals surface area contributed by atoms with Crippen LogP contribution in [0.2, 0.25) is 10.0 Å². The van der Waals surface area contributed by atoms with Gasteiger partial charge in [-0.25, -0.2) is 0 Å². The molecule has 0 N–H and O–H groups in total. The van der Waals surface area contributed by atoms with Gasteiger partial charge >= 0.3 is 0 Å². The topological polar surface area (TPSA) is 38.7 Å². The Bertz CT molecular complexity index is 554. The summed E-state index contributed by atoms with van der Waals surface area (Å²) in [6.07, 6.45) is 1.78. The lowest BCUT2D eigenvalue weighted by molar-refractivity contribution is -0.118. The first-order chi connectivity index (χ1) is 10.3. The fourth-order valence-electron chi connectivity index (χ4n) is 1.72. The molecule has 0 aliphatic carbocycles. The number of carbonyl (C=O) groups is 1. The second kappa shape index (κ2) is 9.41. The predicted molar refractivity (Wildman–Crippen MR) is 93.9 cm³/mol. The van der Waals surface area contributed by atoms with Crippen molar-refractivity contribution in [2.45, 2.75) is 18.7 Å². The number of ether oxygens (including phenoxy) is 1. The van der Waals surface area contributed by atoms with Crippen LogP contribution in [-0.4, -0.2) is 24.1 Å². The zero-order chi connectivity index (χ0) is 16.7. The number of rotatable bonds is 8. The number of alkyl halides is 1. The van der Waals surface area contributed by atoms with Crippen molar-refractivity contribution in [2.24, 2.45) is 10.9 Å². The molecule has 0 bridgehead atoms. The summed E-state index contributed by atoms with van der Waals surface area (Å²) in [5.74, 6) is -0.102. The summed E-state index contributed by atoms with van der Waals surface area (Å²) in [6.45, 7) is 5.40. The quantitative estimate of drug-likeness (QED) is 0.345. The minimum atomic E-state index is -0.757. The van der Waals surface area contributed by atoms with Crippen LogP contribution < -0.4 is 4.74 Å². The molecule has 0 saturated carbocycles. The van der Waals surface area contributed by atoms with Gasteiger partial charge in [-0.3, -0.25) is 9.79 Å². The highest BCUT2D eigenvalue weighted by Gasteiger charge is 2.25. The van der Waals surface area contributed by atoms with Crippen LogP contribution in [0.1, 0.15) is 13.3 Å². The summed E-state index contributed by atoms with van der Waals surface area (Å²) in [5, 5.41) is 0.496. The van der Waals surface area contributed by atoms with Gasteiger partial charge in [-0.1, -0.05) is 48.3 Å². The monoisotopic (exact) mass is 381 g/mol. The second-order valence-corrected chi connectivity index (χ2v) is 6.33. The van der Waals surface area contributed by atoms with Crippen molar-refractivity contribution >= 4 is 58.6 Å². The van der Waals surface area contributed by atoms with E-state index in [9.17, 15) is 4.79 Å². The van der Waals surface area contributed by atoms with E-state index in [1.807, 2.05) is 6.92 Å². The molecule has 7 heteroatoms. The molecule has 0 spiro atoms. The maximum absolute atomic E-state index is 11.9. The van der Waals surface area contributed by atoms with Crippen molar-refractivity contribution in [3.63, 3.8) is 0 Å². The molecule has 1 aromatic carbocycles. The first kappa shape index (κ1) is 19.3. The Hall–Kier alpha value is -0.740.